The minimum atomic E-state index is -0.388. The van der Waals surface area contributed by atoms with Gasteiger partial charge in [-0.3, -0.25) is 9.59 Å². The Hall–Kier alpha value is -2.89. The third kappa shape index (κ3) is 4.29. The molecular weight excluding hydrogens is 395 g/mol. The lowest BCUT2D eigenvalue weighted by atomic mass is 9.76. The fourth-order valence-corrected chi connectivity index (χ4v) is 4.65. The highest BCUT2D eigenvalue weighted by atomic mass is 19.1. The number of piperidine rings is 1. The highest BCUT2D eigenvalue weighted by molar-refractivity contribution is 5.94. The number of nitrogens with zero attached hydrogens (tertiary/aromatic N) is 2. The molecule has 2 aromatic rings. The van der Waals surface area contributed by atoms with E-state index in [1.165, 1.54) is 6.07 Å². The van der Waals surface area contributed by atoms with Crippen LogP contribution in [0.4, 0.5) is 4.39 Å². The van der Waals surface area contributed by atoms with Gasteiger partial charge in [0.15, 0.2) is 0 Å². The molecule has 0 aromatic heterocycles. The van der Waals surface area contributed by atoms with Gasteiger partial charge >= 0.3 is 0 Å². The smallest absolute Gasteiger partial charge is 0.253 e. The number of fused-ring (bicyclic) bond motifs is 1. The van der Waals surface area contributed by atoms with Crippen LogP contribution in [0, 0.1) is 12.7 Å². The number of halogens is 1. The van der Waals surface area contributed by atoms with Gasteiger partial charge in [0.05, 0.1) is 0 Å². The van der Waals surface area contributed by atoms with Crippen LogP contribution in [0.2, 0.25) is 0 Å². The summed E-state index contributed by atoms with van der Waals surface area (Å²) in [5.74, 6) is 0.522. The van der Waals surface area contributed by atoms with Crippen molar-refractivity contribution >= 4 is 11.8 Å². The molecule has 1 fully saturated rings. The molecule has 0 unspecified atom stereocenters. The number of benzene rings is 2. The molecule has 0 aliphatic carbocycles. The molecular formula is C25H29FN2O3. The van der Waals surface area contributed by atoms with Crippen molar-refractivity contribution in [1.82, 2.24) is 9.80 Å². The summed E-state index contributed by atoms with van der Waals surface area (Å²) in [6.45, 7) is 2.78. The zero-order valence-corrected chi connectivity index (χ0v) is 18.4. The lowest BCUT2D eigenvalue weighted by Gasteiger charge is -2.47. The van der Waals surface area contributed by atoms with E-state index in [1.54, 1.807) is 43.0 Å². The van der Waals surface area contributed by atoms with E-state index in [9.17, 15) is 14.0 Å². The second kappa shape index (κ2) is 8.33. The van der Waals surface area contributed by atoms with Crippen LogP contribution in [-0.4, -0.2) is 54.4 Å². The van der Waals surface area contributed by atoms with Crippen molar-refractivity contribution in [3.63, 3.8) is 0 Å². The average molecular weight is 425 g/mol. The molecule has 1 spiro atoms. The third-order valence-corrected chi connectivity index (χ3v) is 6.60. The molecule has 0 saturated carbocycles. The molecule has 0 N–H and O–H groups in total. The number of para-hydroxylation sites is 1. The molecule has 4 rings (SSSR count). The van der Waals surface area contributed by atoms with E-state index >= 15 is 0 Å². The number of hydrogen-bond acceptors (Lipinski definition) is 3. The molecule has 164 valence electrons. The Kier molecular flexibility index (Phi) is 5.73. The Bertz CT molecular complexity index is 996. The maximum Gasteiger partial charge on any atom is 0.253 e. The van der Waals surface area contributed by atoms with Gasteiger partial charge in [0, 0.05) is 57.9 Å². The molecule has 0 radical (unpaired) electrons. The molecule has 2 aromatic carbocycles. The summed E-state index contributed by atoms with van der Waals surface area (Å²) in [4.78, 5) is 28.7. The van der Waals surface area contributed by atoms with E-state index in [4.69, 9.17) is 4.74 Å². The van der Waals surface area contributed by atoms with Gasteiger partial charge in [-0.05, 0) is 42.7 Å². The van der Waals surface area contributed by atoms with E-state index in [0.29, 0.717) is 43.5 Å². The Morgan fingerprint density at radius 3 is 2.55 bits per heavy atom. The zero-order chi connectivity index (χ0) is 22.2. The van der Waals surface area contributed by atoms with Crippen molar-refractivity contribution in [2.75, 3.05) is 27.2 Å². The number of amides is 2. The Labute approximate surface area is 182 Å². The number of carbonyl (C=O) groups excluding carboxylic acids is 2. The number of carbonyl (C=O) groups is 2. The van der Waals surface area contributed by atoms with Crippen LogP contribution < -0.4 is 4.74 Å². The summed E-state index contributed by atoms with van der Waals surface area (Å²) in [5, 5.41) is 0. The first kappa shape index (κ1) is 21.3. The van der Waals surface area contributed by atoms with Crippen LogP contribution in [0.15, 0.2) is 42.5 Å². The number of rotatable bonds is 3. The maximum atomic E-state index is 13.9. The molecule has 0 bridgehead atoms. The minimum absolute atomic E-state index is 0.0910. The monoisotopic (exact) mass is 424 g/mol. The van der Waals surface area contributed by atoms with E-state index in [-0.39, 0.29) is 29.2 Å². The van der Waals surface area contributed by atoms with Crippen LogP contribution in [0.3, 0.4) is 0 Å². The van der Waals surface area contributed by atoms with Crippen molar-refractivity contribution in [2.45, 2.75) is 44.1 Å². The number of aryl methyl sites for hydroxylation is 1. The van der Waals surface area contributed by atoms with Gasteiger partial charge in [0.2, 0.25) is 5.91 Å². The number of ether oxygens (including phenoxy) is 1. The average Bonchev–Trinajstić information content (AvgIpc) is 2.75. The number of hydrogen-bond donors (Lipinski definition) is 0. The fourth-order valence-electron chi connectivity index (χ4n) is 4.65. The lowest BCUT2D eigenvalue weighted by molar-refractivity contribution is -0.129. The van der Waals surface area contributed by atoms with E-state index in [0.717, 1.165) is 17.7 Å². The molecule has 1 saturated heterocycles. The van der Waals surface area contributed by atoms with Gasteiger partial charge < -0.3 is 14.5 Å². The predicted octanol–water partition coefficient (Wildman–Crippen LogP) is 4.15. The maximum absolute atomic E-state index is 13.9. The van der Waals surface area contributed by atoms with Crippen LogP contribution in [0.1, 0.15) is 53.1 Å². The van der Waals surface area contributed by atoms with Gasteiger partial charge in [-0.2, -0.15) is 0 Å². The molecule has 31 heavy (non-hydrogen) atoms. The predicted molar refractivity (Wildman–Crippen MR) is 117 cm³/mol. The Morgan fingerprint density at radius 2 is 1.87 bits per heavy atom. The van der Waals surface area contributed by atoms with Crippen LogP contribution in [-0.2, 0) is 4.79 Å². The summed E-state index contributed by atoms with van der Waals surface area (Å²) in [6, 6.07) is 12.6. The highest BCUT2D eigenvalue weighted by Gasteiger charge is 2.44. The van der Waals surface area contributed by atoms with Crippen LogP contribution in [0.25, 0.3) is 0 Å². The summed E-state index contributed by atoms with van der Waals surface area (Å²) in [6.07, 6.45) is 2.58. The quantitative estimate of drug-likeness (QED) is 0.744. The van der Waals surface area contributed by atoms with Gasteiger partial charge in [0.25, 0.3) is 5.91 Å². The topological polar surface area (TPSA) is 49.9 Å². The molecule has 2 aliphatic heterocycles. The molecule has 2 heterocycles. The second-order valence-corrected chi connectivity index (χ2v) is 8.97. The second-order valence-electron chi connectivity index (χ2n) is 8.97. The van der Waals surface area contributed by atoms with E-state index in [2.05, 4.69) is 0 Å². The summed E-state index contributed by atoms with van der Waals surface area (Å²) < 4.78 is 20.4. The first-order valence-electron chi connectivity index (χ1n) is 10.8. The molecule has 5 nitrogen and oxygen atoms in total. The SMILES string of the molecule is Cc1ccc(C(=O)N2CCC3(CC2)C[C@H](CC(=O)N(C)C)c2ccccc2O3)cc1F. The summed E-state index contributed by atoms with van der Waals surface area (Å²) >= 11 is 0. The standard InChI is InChI=1S/C25H29FN2O3/c1-17-8-9-18(14-21(17)26)24(30)28-12-10-25(11-13-28)16-19(15-23(29)27(2)3)20-6-4-5-7-22(20)31-25/h4-9,14,19H,10-13,15-16H2,1-3H3/t19-/m0/s1. The third-order valence-electron chi connectivity index (χ3n) is 6.60. The van der Waals surface area contributed by atoms with Crippen LogP contribution >= 0.6 is 0 Å². The first-order chi connectivity index (χ1) is 14.8. The number of likely N-dealkylation sites (tertiary alicyclic amines) is 1. The molecule has 2 aliphatic rings. The van der Waals surface area contributed by atoms with Crippen LogP contribution in [0.5, 0.6) is 5.75 Å². The molecule has 2 amide bonds. The Morgan fingerprint density at radius 1 is 1.16 bits per heavy atom. The van der Waals surface area contributed by atoms with E-state index in [1.807, 2.05) is 24.3 Å². The van der Waals surface area contributed by atoms with Gasteiger partial charge in [0.1, 0.15) is 17.2 Å². The zero-order valence-electron chi connectivity index (χ0n) is 18.4. The van der Waals surface area contributed by atoms with Crippen molar-refractivity contribution in [2.24, 2.45) is 0 Å². The first-order valence-corrected chi connectivity index (χ1v) is 10.8. The Balaban J connectivity index is 1.50. The van der Waals surface area contributed by atoms with Crippen molar-refractivity contribution < 1.29 is 18.7 Å². The normalized spacial score (nSPS) is 19.5. The highest BCUT2D eigenvalue weighted by Crippen LogP contribution is 2.46. The van der Waals surface area contributed by atoms with Crippen molar-refractivity contribution in [1.29, 1.82) is 0 Å². The van der Waals surface area contributed by atoms with Crippen molar-refractivity contribution in [3.8, 4) is 5.75 Å². The largest absolute Gasteiger partial charge is 0.487 e. The van der Waals surface area contributed by atoms with Crippen molar-refractivity contribution in [3.05, 3.63) is 65.0 Å². The molecule has 1 atom stereocenters. The summed E-state index contributed by atoms with van der Waals surface area (Å²) in [7, 11) is 3.56. The lowest BCUT2D eigenvalue weighted by Crippen LogP contribution is -2.52. The summed E-state index contributed by atoms with van der Waals surface area (Å²) in [5.41, 5.74) is 1.60. The fraction of sp³-hybridized carbons (Fsp3) is 0.440. The van der Waals surface area contributed by atoms with Gasteiger partial charge in [-0.15, -0.1) is 0 Å². The van der Waals surface area contributed by atoms with Gasteiger partial charge in [-0.25, -0.2) is 4.39 Å². The van der Waals surface area contributed by atoms with Gasteiger partial charge in [-0.1, -0.05) is 24.3 Å². The molecule has 6 heteroatoms. The van der Waals surface area contributed by atoms with E-state index < -0.39 is 0 Å². The minimum Gasteiger partial charge on any atom is -0.487 e.